The van der Waals surface area contributed by atoms with Crippen LogP contribution in [0.5, 0.6) is 0 Å². The first kappa shape index (κ1) is 11.3. The number of hydrogen-bond donors (Lipinski definition) is 0. The van der Waals surface area contributed by atoms with E-state index in [1.165, 1.54) is 18.9 Å². The largest absolute Gasteiger partial charge is 0.462 e. The molecule has 1 saturated carbocycles. The van der Waals surface area contributed by atoms with Crippen molar-refractivity contribution >= 4 is 5.97 Å². The van der Waals surface area contributed by atoms with Crippen molar-refractivity contribution < 1.29 is 9.53 Å². The van der Waals surface area contributed by atoms with Gasteiger partial charge in [0.15, 0.2) is 0 Å². The number of carbonyl (C=O) groups excluding carboxylic acids is 1. The van der Waals surface area contributed by atoms with Gasteiger partial charge in [-0.05, 0) is 38.0 Å². The highest BCUT2D eigenvalue weighted by molar-refractivity contribution is 5.66. The van der Waals surface area contributed by atoms with Crippen LogP contribution in [-0.4, -0.2) is 12.1 Å². The zero-order chi connectivity index (χ0) is 10.7. The van der Waals surface area contributed by atoms with Crippen LogP contribution in [0.1, 0.15) is 40.0 Å². The van der Waals surface area contributed by atoms with Gasteiger partial charge in [-0.2, -0.15) is 0 Å². The fourth-order valence-corrected chi connectivity index (χ4v) is 2.40. The SMILES string of the molecule is C=C(C)[C@@H]1CCC[C@H](OC(C)=O)[C@@H]1C. The maximum absolute atomic E-state index is 10.9. The summed E-state index contributed by atoms with van der Waals surface area (Å²) in [4.78, 5) is 10.9. The van der Waals surface area contributed by atoms with Gasteiger partial charge in [0.25, 0.3) is 0 Å². The Morgan fingerprint density at radius 1 is 1.36 bits per heavy atom. The van der Waals surface area contributed by atoms with Gasteiger partial charge in [0.2, 0.25) is 0 Å². The van der Waals surface area contributed by atoms with E-state index in [1.54, 1.807) is 0 Å². The minimum atomic E-state index is -0.163. The molecule has 0 radical (unpaired) electrons. The summed E-state index contributed by atoms with van der Waals surface area (Å²) < 4.78 is 5.30. The van der Waals surface area contributed by atoms with Crippen LogP contribution in [0.3, 0.4) is 0 Å². The molecule has 14 heavy (non-hydrogen) atoms. The molecular formula is C12H20O2. The lowest BCUT2D eigenvalue weighted by Gasteiger charge is -2.35. The maximum Gasteiger partial charge on any atom is 0.302 e. The lowest BCUT2D eigenvalue weighted by Crippen LogP contribution is -2.34. The van der Waals surface area contributed by atoms with Crippen molar-refractivity contribution in [2.45, 2.75) is 46.1 Å². The first-order valence-electron chi connectivity index (χ1n) is 5.35. The van der Waals surface area contributed by atoms with E-state index in [0.717, 1.165) is 12.8 Å². The number of allylic oxidation sites excluding steroid dienone is 1. The minimum Gasteiger partial charge on any atom is -0.462 e. The summed E-state index contributed by atoms with van der Waals surface area (Å²) in [5.41, 5.74) is 1.22. The van der Waals surface area contributed by atoms with E-state index in [0.29, 0.717) is 11.8 Å². The Hall–Kier alpha value is -0.790. The lowest BCUT2D eigenvalue weighted by molar-refractivity contribution is -0.151. The van der Waals surface area contributed by atoms with Crippen LogP contribution in [0.4, 0.5) is 0 Å². The van der Waals surface area contributed by atoms with Gasteiger partial charge in [0.1, 0.15) is 6.10 Å². The van der Waals surface area contributed by atoms with Gasteiger partial charge in [0, 0.05) is 6.92 Å². The van der Waals surface area contributed by atoms with Crippen LogP contribution in [0.15, 0.2) is 12.2 Å². The van der Waals surface area contributed by atoms with E-state index in [1.807, 2.05) is 0 Å². The average molecular weight is 196 g/mol. The van der Waals surface area contributed by atoms with E-state index in [4.69, 9.17) is 4.74 Å². The molecular weight excluding hydrogens is 176 g/mol. The lowest BCUT2D eigenvalue weighted by atomic mass is 9.75. The predicted octanol–water partition coefficient (Wildman–Crippen LogP) is 2.93. The Balaban J connectivity index is 2.61. The highest BCUT2D eigenvalue weighted by Crippen LogP contribution is 2.35. The summed E-state index contributed by atoms with van der Waals surface area (Å²) in [7, 11) is 0. The quantitative estimate of drug-likeness (QED) is 0.501. The summed E-state index contributed by atoms with van der Waals surface area (Å²) >= 11 is 0. The van der Waals surface area contributed by atoms with Gasteiger partial charge in [0.05, 0.1) is 0 Å². The summed E-state index contributed by atoms with van der Waals surface area (Å²) in [6.07, 6.45) is 3.43. The van der Waals surface area contributed by atoms with E-state index in [2.05, 4.69) is 20.4 Å². The molecule has 0 aromatic rings. The molecule has 1 fully saturated rings. The summed E-state index contributed by atoms with van der Waals surface area (Å²) in [6, 6.07) is 0. The first-order chi connectivity index (χ1) is 6.52. The van der Waals surface area contributed by atoms with Crippen molar-refractivity contribution in [1.29, 1.82) is 0 Å². The fourth-order valence-electron chi connectivity index (χ4n) is 2.40. The van der Waals surface area contributed by atoms with Crippen LogP contribution in [0, 0.1) is 11.8 Å². The molecule has 1 aliphatic carbocycles. The van der Waals surface area contributed by atoms with Crippen LogP contribution in [0.25, 0.3) is 0 Å². The first-order valence-corrected chi connectivity index (χ1v) is 5.35. The van der Waals surface area contributed by atoms with Crippen molar-refractivity contribution in [3.8, 4) is 0 Å². The molecule has 0 heterocycles. The molecule has 3 atom stereocenters. The Morgan fingerprint density at radius 3 is 2.50 bits per heavy atom. The molecule has 0 saturated heterocycles. The second kappa shape index (κ2) is 4.63. The van der Waals surface area contributed by atoms with E-state index < -0.39 is 0 Å². The Bertz CT molecular complexity index is 232. The van der Waals surface area contributed by atoms with Gasteiger partial charge in [-0.15, -0.1) is 0 Å². The second-order valence-corrected chi connectivity index (χ2v) is 4.39. The van der Waals surface area contributed by atoms with Crippen LogP contribution >= 0.6 is 0 Å². The number of esters is 1. The number of hydrogen-bond acceptors (Lipinski definition) is 2. The number of carbonyl (C=O) groups is 1. The predicted molar refractivity (Wildman–Crippen MR) is 56.9 cm³/mol. The van der Waals surface area contributed by atoms with E-state index in [9.17, 15) is 4.79 Å². The third-order valence-corrected chi connectivity index (χ3v) is 3.18. The fraction of sp³-hybridized carbons (Fsp3) is 0.750. The van der Waals surface area contributed by atoms with Crippen molar-refractivity contribution in [2.75, 3.05) is 0 Å². The van der Waals surface area contributed by atoms with Crippen LogP contribution < -0.4 is 0 Å². The second-order valence-electron chi connectivity index (χ2n) is 4.39. The summed E-state index contributed by atoms with van der Waals surface area (Å²) in [5, 5.41) is 0. The average Bonchev–Trinajstić information content (AvgIpc) is 2.07. The zero-order valence-corrected chi connectivity index (χ0v) is 9.38. The topological polar surface area (TPSA) is 26.3 Å². The highest BCUT2D eigenvalue weighted by atomic mass is 16.5. The molecule has 0 aliphatic heterocycles. The standard InChI is InChI=1S/C12H20O2/c1-8(2)11-6-5-7-12(9(11)3)14-10(4)13/h9,11-12H,1,5-7H2,2-4H3/t9-,11+,12+/m1/s1. The summed E-state index contributed by atoms with van der Waals surface area (Å²) in [5.74, 6) is 0.780. The molecule has 0 aromatic heterocycles. The van der Waals surface area contributed by atoms with Crippen molar-refractivity contribution in [2.24, 2.45) is 11.8 Å². The van der Waals surface area contributed by atoms with Gasteiger partial charge in [-0.25, -0.2) is 0 Å². The van der Waals surface area contributed by atoms with Gasteiger partial charge >= 0.3 is 5.97 Å². The smallest absolute Gasteiger partial charge is 0.302 e. The molecule has 0 N–H and O–H groups in total. The van der Waals surface area contributed by atoms with Gasteiger partial charge < -0.3 is 4.74 Å². The van der Waals surface area contributed by atoms with Gasteiger partial charge in [-0.1, -0.05) is 19.1 Å². The molecule has 0 amide bonds. The number of rotatable bonds is 2. The minimum absolute atomic E-state index is 0.1000. The molecule has 1 aliphatic rings. The highest BCUT2D eigenvalue weighted by Gasteiger charge is 2.31. The maximum atomic E-state index is 10.9. The van der Waals surface area contributed by atoms with Crippen molar-refractivity contribution in [1.82, 2.24) is 0 Å². The Morgan fingerprint density at radius 2 is 2.00 bits per heavy atom. The molecule has 0 spiro atoms. The molecule has 0 unspecified atom stereocenters. The molecule has 0 bridgehead atoms. The third kappa shape index (κ3) is 2.60. The molecule has 1 rings (SSSR count). The van der Waals surface area contributed by atoms with Gasteiger partial charge in [-0.3, -0.25) is 4.79 Å². The molecule has 2 heteroatoms. The van der Waals surface area contributed by atoms with Crippen molar-refractivity contribution in [3.05, 3.63) is 12.2 Å². The van der Waals surface area contributed by atoms with Crippen LogP contribution in [-0.2, 0) is 9.53 Å². The normalized spacial score (nSPS) is 32.4. The van der Waals surface area contributed by atoms with E-state index in [-0.39, 0.29) is 12.1 Å². The molecule has 0 aromatic carbocycles. The monoisotopic (exact) mass is 196 g/mol. The zero-order valence-electron chi connectivity index (χ0n) is 9.38. The Labute approximate surface area is 86.3 Å². The van der Waals surface area contributed by atoms with Crippen LogP contribution in [0.2, 0.25) is 0 Å². The summed E-state index contributed by atoms with van der Waals surface area (Å²) in [6.45, 7) is 9.71. The Kier molecular flexibility index (Phi) is 3.73. The van der Waals surface area contributed by atoms with E-state index >= 15 is 0 Å². The molecule has 80 valence electrons. The number of ether oxygens (including phenoxy) is 1. The van der Waals surface area contributed by atoms with Crippen molar-refractivity contribution in [3.63, 3.8) is 0 Å². The third-order valence-electron chi connectivity index (χ3n) is 3.18. The molecule has 2 nitrogen and oxygen atoms in total.